The van der Waals surface area contributed by atoms with Crippen molar-refractivity contribution in [2.24, 2.45) is 5.92 Å². The minimum Gasteiger partial charge on any atom is -0.444 e. The fourth-order valence-electron chi connectivity index (χ4n) is 2.09. The van der Waals surface area contributed by atoms with E-state index < -0.39 is 17.7 Å². The van der Waals surface area contributed by atoms with Crippen LogP contribution in [0.25, 0.3) is 0 Å². The quantitative estimate of drug-likeness (QED) is 0.822. The Hall–Kier alpha value is -1.59. The van der Waals surface area contributed by atoms with Gasteiger partial charge in [-0.05, 0) is 33.6 Å². The topological polar surface area (TPSA) is 75.7 Å². The molecule has 1 saturated heterocycles. The third-order valence-electron chi connectivity index (χ3n) is 3.34. The molecule has 6 nitrogen and oxygen atoms in total. The number of nitrogens with one attached hydrogen (secondary N) is 1. The van der Waals surface area contributed by atoms with Crippen molar-refractivity contribution < 1.29 is 19.1 Å². The summed E-state index contributed by atoms with van der Waals surface area (Å²) in [5, 5.41) is 2.74. The van der Waals surface area contributed by atoms with E-state index in [-0.39, 0.29) is 30.6 Å². The highest BCUT2D eigenvalue weighted by atomic mass is 16.6. The van der Waals surface area contributed by atoms with Gasteiger partial charge in [0, 0.05) is 18.9 Å². The molecule has 1 N–H and O–H groups in total. The first-order valence-corrected chi connectivity index (χ1v) is 7.07. The first kappa shape index (κ1) is 14.8. The molecule has 1 saturated carbocycles. The minimum atomic E-state index is -0.593. The van der Waals surface area contributed by atoms with E-state index in [1.807, 2.05) is 0 Å². The lowest BCUT2D eigenvalue weighted by Crippen LogP contribution is -2.55. The summed E-state index contributed by atoms with van der Waals surface area (Å²) in [6.45, 7) is 5.95. The van der Waals surface area contributed by atoms with Gasteiger partial charge in [-0.3, -0.25) is 9.59 Å². The number of carbonyl (C=O) groups is 3. The Morgan fingerprint density at radius 3 is 2.50 bits per heavy atom. The molecule has 0 aromatic carbocycles. The van der Waals surface area contributed by atoms with Crippen molar-refractivity contribution in [3.63, 3.8) is 0 Å². The summed E-state index contributed by atoms with van der Waals surface area (Å²) in [6.07, 6.45) is 1.61. The van der Waals surface area contributed by atoms with Gasteiger partial charge in [0.15, 0.2) is 5.78 Å². The van der Waals surface area contributed by atoms with E-state index in [1.165, 1.54) is 4.90 Å². The normalized spacial score (nSPS) is 23.4. The molecule has 1 aliphatic heterocycles. The van der Waals surface area contributed by atoms with Crippen molar-refractivity contribution in [1.29, 1.82) is 0 Å². The molecule has 1 heterocycles. The van der Waals surface area contributed by atoms with Gasteiger partial charge in [-0.1, -0.05) is 0 Å². The third-order valence-corrected chi connectivity index (χ3v) is 3.34. The summed E-state index contributed by atoms with van der Waals surface area (Å²) < 4.78 is 5.29. The molecule has 20 heavy (non-hydrogen) atoms. The van der Waals surface area contributed by atoms with Gasteiger partial charge in [0.05, 0.1) is 6.54 Å². The molecule has 112 valence electrons. The molecule has 2 rings (SSSR count). The zero-order valence-corrected chi connectivity index (χ0v) is 12.3. The number of piperidine rings is 1. The number of hydrogen-bond donors (Lipinski definition) is 1. The molecule has 1 aliphatic carbocycles. The van der Waals surface area contributed by atoms with Gasteiger partial charge in [-0.2, -0.15) is 0 Å². The highest BCUT2D eigenvalue weighted by Crippen LogP contribution is 2.29. The standard InChI is InChI=1S/C14H22N2O4/c1-14(2,3)20-13(19)16-7-6-11(17)10(8-16)15-12(18)9-4-5-9/h9-10H,4-8H2,1-3H3,(H,15,18). The average Bonchev–Trinajstić information content (AvgIpc) is 3.13. The van der Waals surface area contributed by atoms with E-state index in [9.17, 15) is 14.4 Å². The number of ether oxygens (including phenoxy) is 1. The molecule has 6 heteroatoms. The van der Waals surface area contributed by atoms with E-state index in [4.69, 9.17) is 4.74 Å². The Labute approximate surface area is 118 Å². The van der Waals surface area contributed by atoms with Gasteiger partial charge in [0.2, 0.25) is 5.91 Å². The first-order valence-electron chi connectivity index (χ1n) is 7.07. The van der Waals surface area contributed by atoms with E-state index in [0.29, 0.717) is 6.54 Å². The van der Waals surface area contributed by atoms with Crippen LogP contribution >= 0.6 is 0 Å². The molecule has 1 unspecified atom stereocenters. The van der Waals surface area contributed by atoms with Crippen LogP contribution in [-0.2, 0) is 14.3 Å². The molecule has 2 amide bonds. The van der Waals surface area contributed by atoms with Crippen LogP contribution in [0.4, 0.5) is 4.79 Å². The molecule has 2 fully saturated rings. The zero-order chi connectivity index (χ0) is 14.9. The number of ketones is 1. The maximum atomic E-state index is 12.0. The van der Waals surface area contributed by atoms with Crippen LogP contribution in [-0.4, -0.2) is 47.4 Å². The molecular weight excluding hydrogens is 260 g/mol. The largest absolute Gasteiger partial charge is 0.444 e. The summed E-state index contributed by atoms with van der Waals surface area (Å²) in [5.74, 6) is -0.0344. The molecular formula is C14H22N2O4. The van der Waals surface area contributed by atoms with Crippen molar-refractivity contribution >= 4 is 17.8 Å². The van der Waals surface area contributed by atoms with Crippen LogP contribution in [0.2, 0.25) is 0 Å². The van der Waals surface area contributed by atoms with E-state index in [1.54, 1.807) is 20.8 Å². The Kier molecular flexibility index (Phi) is 4.01. The number of Topliss-reactive ketones (excluding diaryl/α,β-unsaturated/α-hetero) is 1. The van der Waals surface area contributed by atoms with Gasteiger partial charge < -0.3 is 15.0 Å². The number of hydrogen-bond acceptors (Lipinski definition) is 4. The van der Waals surface area contributed by atoms with Crippen LogP contribution in [0.3, 0.4) is 0 Å². The Balaban J connectivity index is 1.91. The second-order valence-electron chi connectivity index (χ2n) is 6.48. The summed E-state index contributed by atoms with van der Waals surface area (Å²) >= 11 is 0. The molecule has 0 aromatic heterocycles. The lowest BCUT2D eigenvalue weighted by Gasteiger charge is -2.33. The monoisotopic (exact) mass is 282 g/mol. The van der Waals surface area contributed by atoms with Crippen LogP contribution < -0.4 is 5.32 Å². The van der Waals surface area contributed by atoms with E-state index >= 15 is 0 Å². The van der Waals surface area contributed by atoms with Crippen molar-refractivity contribution in [2.45, 2.75) is 51.7 Å². The molecule has 1 atom stereocenters. The summed E-state index contributed by atoms with van der Waals surface area (Å²) in [4.78, 5) is 37.0. The number of likely N-dealkylation sites (tertiary alicyclic amines) is 1. The Morgan fingerprint density at radius 2 is 1.95 bits per heavy atom. The molecule has 0 spiro atoms. The molecule has 2 aliphatic rings. The van der Waals surface area contributed by atoms with Crippen LogP contribution in [0.1, 0.15) is 40.0 Å². The van der Waals surface area contributed by atoms with E-state index in [0.717, 1.165) is 12.8 Å². The average molecular weight is 282 g/mol. The summed E-state index contributed by atoms with van der Waals surface area (Å²) in [5.41, 5.74) is -0.564. The third kappa shape index (κ3) is 3.95. The first-order chi connectivity index (χ1) is 9.26. The van der Waals surface area contributed by atoms with Crippen molar-refractivity contribution in [1.82, 2.24) is 10.2 Å². The zero-order valence-electron chi connectivity index (χ0n) is 12.3. The van der Waals surface area contributed by atoms with Crippen molar-refractivity contribution in [3.8, 4) is 0 Å². The van der Waals surface area contributed by atoms with Gasteiger partial charge >= 0.3 is 6.09 Å². The second kappa shape index (κ2) is 5.42. The number of rotatable bonds is 2. The molecule has 0 bridgehead atoms. The smallest absolute Gasteiger partial charge is 0.410 e. The highest BCUT2D eigenvalue weighted by Gasteiger charge is 2.36. The molecule has 0 radical (unpaired) electrons. The Morgan fingerprint density at radius 1 is 1.30 bits per heavy atom. The van der Waals surface area contributed by atoms with Crippen molar-refractivity contribution in [2.75, 3.05) is 13.1 Å². The summed E-state index contributed by atoms with van der Waals surface area (Å²) in [6, 6.07) is -0.593. The summed E-state index contributed by atoms with van der Waals surface area (Å²) in [7, 11) is 0. The predicted octanol–water partition coefficient (Wildman–Crippen LogP) is 1.09. The minimum absolute atomic E-state index is 0.0150. The van der Waals surface area contributed by atoms with Gasteiger partial charge in [0.1, 0.15) is 11.6 Å². The van der Waals surface area contributed by atoms with Gasteiger partial charge in [-0.15, -0.1) is 0 Å². The second-order valence-corrected chi connectivity index (χ2v) is 6.48. The van der Waals surface area contributed by atoms with Crippen molar-refractivity contribution in [3.05, 3.63) is 0 Å². The number of amides is 2. The number of carbonyl (C=O) groups excluding carboxylic acids is 3. The lowest BCUT2D eigenvalue weighted by atomic mass is 10.0. The van der Waals surface area contributed by atoms with Crippen LogP contribution in [0.15, 0.2) is 0 Å². The number of nitrogens with zero attached hydrogens (tertiary/aromatic N) is 1. The maximum absolute atomic E-state index is 12.0. The highest BCUT2D eigenvalue weighted by molar-refractivity contribution is 5.92. The Bertz CT molecular complexity index is 423. The fourth-order valence-corrected chi connectivity index (χ4v) is 2.09. The molecule has 0 aromatic rings. The van der Waals surface area contributed by atoms with E-state index in [2.05, 4.69) is 5.32 Å². The van der Waals surface area contributed by atoms with Gasteiger partial charge in [0.25, 0.3) is 0 Å². The fraction of sp³-hybridized carbons (Fsp3) is 0.786. The van der Waals surface area contributed by atoms with Crippen LogP contribution in [0.5, 0.6) is 0 Å². The SMILES string of the molecule is CC(C)(C)OC(=O)N1CCC(=O)C(NC(=O)C2CC2)C1. The van der Waals surface area contributed by atoms with Crippen LogP contribution in [0, 0.1) is 5.92 Å². The predicted molar refractivity (Wildman–Crippen MR) is 72.1 cm³/mol. The maximum Gasteiger partial charge on any atom is 0.410 e. The van der Waals surface area contributed by atoms with Gasteiger partial charge in [-0.25, -0.2) is 4.79 Å². The lowest BCUT2D eigenvalue weighted by molar-refractivity contribution is -0.130.